The molecule has 106 valence electrons. The summed E-state index contributed by atoms with van der Waals surface area (Å²) in [6, 6.07) is 7.71. The Balaban J connectivity index is 2.32. The Morgan fingerprint density at radius 2 is 2.30 bits per heavy atom. The summed E-state index contributed by atoms with van der Waals surface area (Å²) in [7, 11) is 1.29. The van der Waals surface area contributed by atoms with Gasteiger partial charge in [0.25, 0.3) is 0 Å². The van der Waals surface area contributed by atoms with Crippen LogP contribution >= 0.6 is 0 Å². The Kier molecular flexibility index (Phi) is 4.37. The summed E-state index contributed by atoms with van der Waals surface area (Å²) in [5.74, 6) is -0.311. The minimum absolute atomic E-state index is 0.105. The third-order valence-corrected chi connectivity index (χ3v) is 3.00. The third kappa shape index (κ3) is 2.80. The molecular formula is C14H17N3O3. The van der Waals surface area contributed by atoms with Gasteiger partial charge in [0, 0.05) is 12.3 Å². The highest BCUT2D eigenvalue weighted by molar-refractivity contribution is 5.92. The molecule has 0 saturated carbocycles. The average Bonchev–Trinajstić information content (AvgIpc) is 2.86. The van der Waals surface area contributed by atoms with Crippen molar-refractivity contribution in [2.75, 3.05) is 19.5 Å². The molecule has 0 unspecified atom stereocenters. The SMILES string of the molecule is COC(=O)c1ncn(-c2cccc(CCCO)c2)c1N. The van der Waals surface area contributed by atoms with Gasteiger partial charge in [0.05, 0.1) is 7.11 Å². The number of benzene rings is 1. The van der Waals surface area contributed by atoms with Gasteiger partial charge in [-0.05, 0) is 30.5 Å². The molecule has 2 aromatic rings. The number of nitrogen functional groups attached to an aromatic ring is 1. The van der Waals surface area contributed by atoms with Gasteiger partial charge in [-0.15, -0.1) is 0 Å². The first-order valence-electron chi connectivity index (χ1n) is 6.28. The predicted molar refractivity (Wildman–Crippen MR) is 74.7 cm³/mol. The molecular weight excluding hydrogens is 258 g/mol. The Bertz CT molecular complexity index is 607. The highest BCUT2D eigenvalue weighted by atomic mass is 16.5. The van der Waals surface area contributed by atoms with Crippen molar-refractivity contribution < 1.29 is 14.6 Å². The van der Waals surface area contributed by atoms with Gasteiger partial charge < -0.3 is 15.6 Å². The second-order valence-electron chi connectivity index (χ2n) is 4.34. The number of carbonyl (C=O) groups is 1. The molecule has 2 rings (SSSR count). The number of imidazole rings is 1. The lowest BCUT2D eigenvalue weighted by Crippen LogP contribution is -2.07. The summed E-state index contributed by atoms with van der Waals surface area (Å²) in [4.78, 5) is 15.5. The number of aromatic nitrogens is 2. The highest BCUT2D eigenvalue weighted by Gasteiger charge is 2.16. The van der Waals surface area contributed by atoms with E-state index in [1.165, 1.54) is 13.4 Å². The molecule has 0 saturated heterocycles. The molecule has 3 N–H and O–H groups in total. The number of ether oxygens (including phenoxy) is 1. The number of aliphatic hydroxyl groups excluding tert-OH is 1. The molecule has 0 aliphatic heterocycles. The van der Waals surface area contributed by atoms with Gasteiger partial charge in [0.1, 0.15) is 12.1 Å². The summed E-state index contributed by atoms with van der Waals surface area (Å²) in [5, 5.41) is 8.86. The van der Waals surface area contributed by atoms with Crippen LogP contribution in [-0.2, 0) is 11.2 Å². The van der Waals surface area contributed by atoms with Crippen LogP contribution in [0.25, 0.3) is 5.69 Å². The van der Waals surface area contributed by atoms with E-state index in [1.807, 2.05) is 24.3 Å². The Morgan fingerprint density at radius 3 is 3.00 bits per heavy atom. The zero-order chi connectivity index (χ0) is 14.5. The molecule has 0 fully saturated rings. The quantitative estimate of drug-likeness (QED) is 0.799. The first kappa shape index (κ1) is 14.1. The van der Waals surface area contributed by atoms with Crippen molar-refractivity contribution in [3.8, 4) is 5.69 Å². The standard InChI is InChI=1S/C14H17N3O3/c1-20-14(19)12-13(15)17(9-16-12)11-6-2-4-10(8-11)5-3-7-18/h2,4,6,8-9,18H,3,5,7,15H2,1H3. The number of esters is 1. The lowest BCUT2D eigenvalue weighted by atomic mass is 10.1. The fraction of sp³-hybridized carbons (Fsp3) is 0.286. The smallest absolute Gasteiger partial charge is 0.360 e. The first-order valence-corrected chi connectivity index (χ1v) is 6.28. The number of nitrogens with two attached hydrogens (primary N) is 1. The van der Waals surface area contributed by atoms with Crippen LogP contribution in [0.1, 0.15) is 22.5 Å². The molecule has 20 heavy (non-hydrogen) atoms. The molecule has 6 heteroatoms. The molecule has 1 heterocycles. The van der Waals surface area contributed by atoms with E-state index in [1.54, 1.807) is 4.57 Å². The molecule has 0 aliphatic rings. The lowest BCUT2D eigenvalue weighted by Gasteiger charge is -2.07. The van der Waals surface area contributed by atoms with Gasteiger partial charge >= 0.3 is 5.97 Å². The lowest BCUT2D eigenvalue weighted by molar-refractivity contribution is 0.0596. The molecule has 0 atom stereocenters. The Labute approximate surface area is 116 Å². The van der Waals surface area contributed by atoms with Crippen LogP contribution in [0.15, 0.2) is 30.6 Å². The summed E-state index contributed by atoms with van der Waals surface area (Å²) in [6.45, 7) is 0.157. The van der Waals surface area contributed by atoms with Crippen LogP contribution in [0, 0.1) is 0 Å². The summed E-state index contributed by atoms with van der Waals surface area (Å²) < 4.78 is 6.25. The van der Waals surface area contributed by atoms with Gasteiger partial charge in [0.15, 0.2) is 5.69 Å². The zero-order valence-corrected chi connectivity index (χ0v) is 11.2. The number of anilines is 1. The first-order chi connectivity index (χ1) is 9.67. The Hall–Kier alpha value is -2.34. The summed E-state index contributed by atoms with van der Waals surface area (Å²) in [5.41, 5.74) is 7.93. The maximum absolute atomic E-state index is 11.5. The topological polar surface area (TPSA) is 90.4 Å². The zero-order valence-electron chi connectivity index (χ0n) is 11.2. The van der Waals surface area contributed by atoms with Crippen molar-refractivity contribution in [2.45, 2.75) is 12.8 Å². The Morgan fingerprint density at radius 1 is 1.50 bits per heavy atom. The third-order valence-electron chi connectivity index (χ3n) is 3.00. The normalized spacial score (nSPS) is 10.5. The second-order valence-corrected chi connectivity index (χ2v) is 4.34. The summed E-state index contributed by atoms with van der Waals surface area (Å²) >= 11 is 0. The van der Waals surface area contributed by atoms with Crippen molar-refractivity contribution in [1.82, 2.24) is 9.55 Å². The largest absolute Gasteiger partial charge is 0.464 e. The highest BCUT2D eigenvalue weighted by Crippen LogP contribution is 2.19. The number of methoxy groups -OCH3 is 1. The molecule has 6 nitrogen and oxygen atoms in total. The number of aliphatic hydroxyl groups is 1. The number of hydrogen-bond acceptors (Lipinski definition) is 5. The molecule has 0 amide bonds. The van der Waals surface area contributed by atoms with E-state index >= 15 is 0 Å². The second kappa shape index (κ2) is 6.21. The van der Waals surface area contributed by atoms with Gasteiger partial charge in [-0.25, -0.2) is 9.78 Å². The molecule has 1 aromatic heterocycles. The minimum atomic E-state index is -0.558. The number of hydrogen-bond donors (Lipinski definition) is 2. The van der Waals surface area contributed by atoms with Crippen LogP contribution < -0.4 is 5.73 Å². The fourth-order valence-corrected chi connectivity index (χ4v) is 1.96. The van der Waals surface area contributed by atoms with Crippen molar-refractivity contribution in [1.29, 1.82) is 0 Å². The monoisotopic (exact) mass is 275 g/mol. The molecule has 0 radical (unpaired) electrons. The van der Waals surface area contributed by atoms with Crippen molar-refractivity contribution in [2.24, 2.45) is 0 Å². The number of carbonyl (C=O) groups excluding carboxylic acids is 1. The van der Waals surface area contributed by atoms with Crippen LogP contribution in [0.4, 0.5) is 5.82 Å². The van der Waals surface area contributed by atoms with E-state index in [0.29, 0.717) is 6.42 Å². The summed E-state index contributed by atoms with van der Waals surface area (Å²) in [6.07, 6.45) is 2.98. The molecule has 0 bridgehead atoms. The van der Waals surface area contributed by atoms with Crippen molar-refractivity contribution in [3.63, 3.8) is 0 Å². The van der Waals surface area contributed by atoms with Crippen LogP contribution in [0.2, 0.25) is 0 Å². The van der Waals surface area contributed by atoms with Crippen LogP contribution in [0.5, 0.6) is 0 Å². The molecule has 0 spiro atoms. The minimum Gasteiger partial charge on any atom is -0.464 e. The van der Waals surface area contributed by atoms with E-state index in [0.717, 1.165) is 17.7 Å². The van der Waals surface area contributed by atoms with Crippen LogP contribution in [-0.4, -0.2) is 34.3 Å². The van der Waals surface area contributed by atoms with E-state index in [4.69, 9.17) is 10.8 Å². The van der Waals surface area contributed by atoms with Gasteiger partial charge in [-0.2, -0.15) is 0 Å². The molecule has 1 aromatic carbocycles. The predicted octanol–water partition coefficient (Wildman–Crippen LogP) is 1.17. The van der Waals surface area contributed by atoms with E-state index in [-0.39, 0.29) is 18.1 Å². The van der Waals surface area contributed by atoms with Gasteiger partial charge in [0.2, 0.25) is 0 Å². The number of rotatable bonds is 5. The maximum atomic E-state index is 11.5. The molecule has 0 aliphatic carbocycles. The van der Waals surface area contributed by atoms with E-state index < -0.39 is 5.97 Å². The number of nitrogens with zero attached hydrogens (tertiary/aromatic N) is 2. The fourth-order valence-electron chi connectivity index (χ4n) is 1.96. The number of aryl methyl sites for hydroxylation is 1. The average molecular weight is 275 g/mol. The van der Waals surface area contributed by atoms with Gasteiger partial charge in [-0.1, -0.05) is 12.1 Å². The van der Waals surface area contributed by atoms with Crippen LogP contribution in [0.3, 0.4) is 0 Å². The maximum Gasteiger partial charge on any atom is 0.360 e. The van der Waals surface area contributed by atoms with Crippen molar-refractivity contribution in [3.05, 3.63) is 41.9 Å². The van der Waals surface area contributed by atoms with E-state index in [2.05, 4.69) is 9.72 Å². The van der Waals surface area contributed by atoms with Crippen molar-refractivity contribution >= 4 is 11.8 Å². The van der Waals surface area contributed by atoms with Gasteiger partial charge in [-0.3, -0.25) is 4.57 Å². The van der Waals surface area contributed by atoms with E-state index in [9.17, 15) is 4.79 Å².